The molecule has 1 aliphatic heterocycles. The maximum Gasteiger partial charge on any atom is 0.274 e. The zero-order valence-corrected chi connectivity index (χ0v) is 14.3. The molecule has 4 rings (SSSR count). The standard InChI is InChI=1S/C17H22N4OS/c1-20-10-14(18-11-20)17(22)21-8-4-5-12(9-21)16-19-13-6-2-3-7-15(13)23-16/h10-12H,2-9H2,1H3/t12-/m0/s1. The van der Waals surface area contributed by atoms with Gasteiger partial charge in [-0.2, -0.15) is 0 Å². The Morgan fingerprint density at radius 1 is 1.30 bits per heavy atom. The van der Waals surface area contributed by atoms with Gasteiger partial charge in [0.15, 0.2) is 0 Å². The summed E-state index contributed by atoms with van der Waals surface area (Å²) in [7, 11) is 1.89. The first-order valence-electron chi connectivity index (χ1n) is 8.46. The van der Waals surface area contributed by atoms with E-state index in [0.717, 1.165) is 32.4 Å². The number of rotatable bonds is 2. The Labute approximate surface area is 140 Å². The summed E-state index contributed by atoms with van der Waals surface area (Å²) in [6.07, 6.45) is 10.6. The molecule has 0 N–H and O–H groups in total. The van der Waals surface area contributed by atoms with Crippen LogP contribution in [-0.4, -0.2) is 38.4 Å². The third-order valence-corrected chi connectivity index (χ3v) is 6.16. The predicted molar refractivity (Wildman–Crippen MR) is 89.8 cm³/mol. The zero-order chi connectivity index (χ0) is 15.8. The third kappa shape index (κ3) is 2.92. The number of piperidine rings is 1. The number of amides is 1. The molecule has 0 radical (unpaired) electrons. The van der Waals surface area contributed by atoms with Crippen LogP contribution in [-0.2, 0) is 19.9 Å². The number of hydrogen-bond acceptors (Lipinski definition) is 4. The molecule has 2 aromatic rings. The Balaban J connectivity index is 1.50. The van der Waals surface area contributed by atoms with Crippen LogP contribution < -0.4 is 0 Å². The Morgan fingerprint density at radius 3 is 2.96 bits per heavy atom. The van der Waals surface area contributed by atoms with Crippen molar-refractivity contribution >= 4 is 17.2 Å². The summed E-state index contributed by atoms with van der Waals surface area (Å²) in [5.74, 6) is 0.448. The molecule has 2 aromatic heterocycles. The number of carbonyl (C=O) groups excluding carboxylic acids is 1. The van der Waals surface area contributed by atoms with Gasteiger partial charge in [-0.3, -0.25) is 4.79 Å². The lowest BCUT2D eigenvalue weighted by atomic mass is 9.98. The maximum absolute atomic E-state index is 12.6. The lowest BCUT2D eigenvalue weighted by Crippen LogP contribution is -2.39. The van der Waals surface area contributed by atoms with Gasteiger partial charge in [-0.15, -0.1) is 11.3 Å². The van der Waals surface area contributed by atoms with E-state index in [1.54, 1.807) is 12.5 Å². The first kappa shape index (κ1) is 14.9. The smallest absolute Gasteiger partial charge is 0.274 e. The molecule has 0 aromatic carbocycles. The monoisotopic (exact) mass is 330 g/mol. The van der Waals surface area contributed by atoms with Gasteiger partial charge < -0.3 is 9.47 Å². The van der Waals surface area contributed by atoms with E-state index in [-0.39, 0.29) is 5.91 Å². The highest BCUT2D eigenvalue weighted by Crippen LogP contribution is 2.34. The van der Waals surface area contributed by atoms with Gasteiger partial charge in [-0.25, -0.2) is 9.97 Å². The summed E-state index contributed by atoms with van der Waals surface area (Å²) in [5, 5.41) is 1.25. The largest absolute Gasteiger partial charge is 0.340 e. The van der Waals surface area contributed by atoms with Gasteiger partial charge in [-0.05, 0) is 38.5 Å². The van der Waals surface area contributed by atoms with E-state index in [4.69, 9.17) is 4.98 Å². The Morgan fingerprint density at radius 2 is 2.17 bits per heavy atom. The van der Waals surface area contributed by atoms with E-state index in [0.29, 0.717) is 11.6 Å². The molecular weight excluding hydrogens is 308 g/mol. The average Bonchev–Trinajstić information content (AvgIpc) is 3.20. The maximum atomic E-state index is 12.6. The molecule has 6 heteroatoms. The molecule has 1 saturated heterocycles. The minimum atomic E-state index is 0.0524. The molecule has 1 aliphatic carbocycles. The van der Waals surface area contributed by atoms with E-state index in [1.165, 1.54) is 34.8 Å². The Kier molecular flexibility index (Phi) is 3.93. The molecule has 0 bridgehead atoms. The van der Waals surface area contributed by atoms with Gasteiger partial charge in [0.25, 0.3) is 5.91 Å². The molecule has 1 amide bonds. The molecule has 0 unspecified atom stereocenters. The van der Waals surface area contributed by atoms with Crippen LogP contribution in [0.3, 0.4) is 0 Å². The number of likely N-dealkylation sites (tertiary alicyclic amines) is 1. The van der Waals surface area contributed by atoms with Crippen LogP contribution in [0.4, 0.5) is 0 Å². The van der Waals surface area contributed by atoms with Crippen molar-refractivity contribution in [3.05, 3.63) is 33.8 Å². The van der Waals surface area contributed by atoms with Crippen molar-refractivity contribution in [1.29, 1.82) is 0 Å². The number of aromatic nitrogens is 3. The van der Waals surface area contributed by atoms with Gasteiger partial charge in [0.1, 0.15) is 5.69 Å². The summed E-state index contributed by atoms with van der Waals surface area (Å²) in [4.78, 5) is 25.2. The van der Waals surface area contributed by atoms with Gasteiger partial charge in [0, 0.05) is 37.1 Å². The topological polar surface area (TPSA) is 51.0 Å². The zero-order valence-electron chi connectivity index (χ0n) is 13.5. The fraction of sp³-hybridized carbons (Fsp3) is 0.588. The SMILES string of the molecule is Cn1cnc(C(=O)N2CCC[C@H](c3nc4c(s3)CCCC4)C2)c1. The summed E-state index contributed by atoms with van der Waals surface area (Å²) in [5.41, 5.74) is 1.87. The first-order chi connectivity index (χ1) is 11.2. The van der Waals surface area contributed by atoms with Crippen molar-refractivity contribution in [1.82, 2.24) is 19.4 Å². The van der Waals surface area contributed by atoms with Crippen molar-refractivity contribution in [3.8, 4) is 0 Å². The first-order valence-corrected chi connectivity index (χ1v) is 9.28. The van der Waals surface area contributed by atoms with Crippen LogP contribution in [0, 0.1) is 0 Å². The van der Waals surface area contributed by atoms with E-state index in [2.05, 4.69) is 4.98 Å². The molecule has 5 nitrogen and oxygen atoms in total. The Bertz CT molecular complexity index is 697. The van der Waals surface area contributed by atoms with E-state index in [9.17, 15) is 4.79 Å². The minimum absolute atomic E-state index is 0.0524. The highest BCUT2D eigenvalue weighted by molar-refractivity contribution is 7.11. The lowest BCUT2D eigenvalue weighted by molar-refractivity contribution is 0.0701. The summed E-state index contributed by atoms with van der Waals surface area (Å²) >= 11 is 1.89. The summed E-state index contributed by atoms with van der Waals surface area (Å²) < 4.78 is 1.82. The number of fused-ring (bicyclic) bond motifs is 1. The number of aryl methyl sites for hydroxylation is 3. The van der Waals surface area contributed by atoms with Crippen molar-refractivity contribution in [2.75, 3.05) is 13.1 Å². The lowest BCUT2D eigenvalue weighted by Gasteiger charge is -2.31. The van der Waals surface area contributed by atoms with Gasteiger partial charge in [-0.1, -0.05) is 0 Å². The second-order valence-corrected chi connectivity index (χ2v) is 7.76. The minimum Gasteiger partial charge on any atom is -0.340 e. The summed E-state index contributed by atoms with van der Waals surface area (Å²) in [6.45, 7) is 1.61. The predicted octanol–water partition coefficient (Wildman–Crippen LogP) is 2.78. The number of thiazole rings is 1. The van der Waals surface area contributed by atoms with Crippen LogP contribution in [0.1, 0.15) is 57.7 Å². The highest BCUT2D eigenvalue weighted by Gasteiger charge is 2.29. The number of nitrogens with zero attached hydrogens (tertiary/aromatic N) is 4. The molecule has 122 valence electrons. The van der Waals surface area contributed by atoms with Crippen LogP contribution in [0.25, 0.3) is 0 Å². The van der Waals surface area contributed by atoms with E-state index < -0.39 is 0 Å². The molecule has 0 spiro atoms. The van der Waals surface area contributed by atoms with Gasteiger partial charge in [0.05, 0.1) is 17.0 Å². The fourth-order valence-electron chi connectivity index (χ4n) is 3.60. The molecule has 3 heterocycles. The number of hydrogen-bond donors (Lipinski definition) is 0. The third-order valence-electron chi connectivity index (χ3n) is 4.84. The van der Waals surface area contributed by atoms with Crippen LogP contribution in [0.5, 0.6) is 0 Å². The average molecular weight is 330 g/mol. The number of carbonyl (C=O) groups is 1. The van der Waals surface area contributed by atoms with Crippen molar-refractivity contribution in [3.63, 3.8) is 0 Å². The second kappa shape index (κ2) is 6.07. The van der Waals surface area contributed by atoms with Crippen molar-refractivity contribution in [2.45, 2.75) is 44.4 Å². The highest BCUT2D eigenvalue weighted by atomic mass is 32.1. The molecule has 1 atom stereocenters. The summed E-state index contributed by atoms with van der Waals surface area (Å²) in [6, 6.07) is 0. The van der Waals surface area contributed by atoms with Crippen molar-refractivity contribution in [2.24, 2.45) is 7.05 Å². The van der Waals surface area contributed by atoms with Gasteiger partial charge in [0.2, 0.25) is 0 Å². The molecule has 0 saturated carbocycles. The van der Waals surface area contributed by atoms with Crippen LogP contribution in [0.2, 0.25) is 0 Å². The van der Waals surface area contributed by atoms with E-state index in [1.807, 2.05) is 27.9 Å². The van der Waals surface area contributed by atoms with Crippen LogP contribution >= 0.6 is 11.3 Å². The molecule has 2 aliphatic rings. The van der Waals surface area contributed by atoms with Crippen molar-refractivity contribution < 1.29 is 4.79 Å². The van der Waals surface area contributed by atoms with E-state index >= 15 is 0 Å². The molecular formula is C17H22N4OS. The van der Waals surface area contributed by atoms with Gasteiger partial charge >= 0.3 is 0 Å². The number of imidazole rings is 1. The molecule has 1 fully saturated rings. The Hall–Kier alpha value is -1.69. The van der Waals surface area contributed by atoms with Crippen LogP contribution in [0.15, 0.2) is 12.5 Å². The normalized spacial score (nSPS) is 21.3. The quantitative estimate of drug-likeness (QED) is 0.851. The fourth-order valence-corrected chi connectivity index (χ4v) is 4.87. The molecule has 23 heavy (non-hydrogen) atoms. The second-order valence-electron chi connectivity index (χ2n) is 6.64.